The SMILES string of the molecule is O=C(CSCc1ccc(Br)cc1)NCCSCc1ccccc1. The highest BCUT2D eigenvalue weighted by Crippen LogP contribution is 2.15. The molecule has 122 valence electrons. The van der Waals surface area contributed by atoms with E-state index in [-0.39, 0.29) is 5.91 Å². The molecule has 0 bridgehead atoms. The second-order valence-electron chi connectivity index (χ2n) is 5.01. The van der Waals surface area contributed by atoms with Crippen LogP contribution in [0.2, 0.25) is 0 Å². The zero-order chi connectivity index (χ0) is 16.3. The van der Waals surface area contributed by atoms with Crippen molar-refractivity contribution in [2.45, 2.75) is 11.5 Å². The topological polar surface area (TPSA) is 29.1 Å². The van der Waals surface area contributed by atoms with Crippen molar-refractivity contribution in [3.63, 3.8) is 0 Å². The summed E-state index contributed by atoms with van der Waals surface area (Å²) in [6.45, 7) is 0.731. The number of thioether (sulfide) groups is 2. The van der Waals surface area contributed by atoms with Gasteiger partial charge in [0.2, 0.25) is 5.91 Å². The van der Waals surface area contributed by atoms with Crippen molar-refractivity contribution < 1.29 is 4.79 Å². The first-order valence-electron chi connectivity index (χ1n) is 7.44. The molecule has 5 heteroatoms. The van der Waals surface area contributed by atoms with Gasteiger partial charge in [0.25, 0.3) is 0 Å². The molecule has 2 aromatic carbocycles. The van der Waals surface area contributed by atoms with Crippen LogP contribution in [-0.4, -0.2) is 24.0 Å². The van der Waals surface area contributed by atoms with Crippen molar-refractivity contribution in [2.24, 2.45) is 0 Å². The molecule has 0 radical (unpaired) electrons. The largest absolute Gasteiger partial charge is 0.355 e. The molecule has 0 aliphatic heterocycles. The molecule has 0 saturated heterocycles. The third-order valence-corrected chi connectivity index (χ3v) is 5.66. The standard InChI is InChI=1S/C18H20BrNOS2/c19-17-8-6-16(7-9-17)13-23-14-18(21)20-10-11-22-12-15-4-2-1-3-5-15/h1-9H,10-14H2,(H,20,21). The summed E-state index contributed by atoms with van der Waals surface area (Å²) in [5.41, 5.74) is 2.57. The van der Waals surface area contributed by atoms with Crippen molar-refractivity contribution in [1.82, 2.24) is 5.32 Å². The molecule has 0 fully saturated rings. The Balaban J connectivity index is 1.51. The molecule has 2 nitrogen and oxygen atoms in total. The number of hydrogen-bond acceptors (Lipinski definition) is 3. The lowest BCUT2D eigenvalue weighted by Crippen LogP contribution is -2.27. The normalized spacial score (nSPS) is 10.5. The van der Waals surface area contributed by atoms with E-state index in [1.807, 2.05) is 30.0 Å². The van der Waals surface area contributed by atoms with Crippen molar-refractivity contribution in [3.8, 4) is 0 Å². The van der Waals surface area contributed by atoms with Gasteiger partial charge < -0.3 is 5.32 Å². The van der Waals surface area contributed by atoms with Gasteiger partial charge in [-0.05, 0) is 23.3 Å². The van der Waals surface area contributed by atoms with Crippen LogP contribution in [0.1, 0.15) is 11.1 Å². The average Bonchev–Trinajstić information content (AvgIpc) is 2.57. The first-order chi connectivity index (χ1) is 11.2. The molecule has 1 amide bonds. The molecule has 2 rings (SSSR count). The van der Waals surface area contributed by atoms with Crippen LogP contribution in [0.4, 0.5) is 0 Å². The number of rotatable bonds is 9. The van der Waals surface area contributed by atoms with Gasteiger partial charge in [-0.15, -0.1) is 11.8 Å². The second-order valence-corrected chi connectivity index (χ2v) is 8.01. The van der Waals surface area contributed by atoms with Gasteiger partial charge in [-0.3, -0.25) is 4.79 Å². The lowest BCUT2D eigenvalue weighted by Gasteiger charge is -2.06. The maximum Gasteiger partial charge on any atom is 0.230 e. The highest BCUT2D eigenvalue weighted by molar-refractivity contribution is 9.10. The van der Waals surface area contributed by atoms with Crippen LogP contribution < -0.4 is 5.32 Å². The summed E-state index contributed by atoms with van der Waals surface area (Å²) in [7, 11) is 0. The Morgan fingerprint density at radius 2 is 1.57 bits per heavy atom. The third kappa shape index (κ3) is 7.95. The van der Waals surface area contributed by atoms with Gasteiger partial charge in [-0.25, -0.2) is 0 Å². The number of nitrogens with one attached hydrogen (secondary N) is 1. The molecule has 0 heterocycles. The Hall–Kier alpha value is -0.910. The Kier molecular flexibility index (Phi) is 8.64. The Morgan fingerprint density at radius 1 is 0.913 bits per heavy atom. The van der Waals surface area contributed by atoms with Crippen LogP contribution >= 0.6 is 39.5 Å². The van der Waals surface area contributed by atoms with Crippen LogP contribution in [0.3, 0.4) is 0 Å². The maximum atomic E-state index is 11.8. The van der Waals surface area contributed by atoms with Gasteiger partial charge in [0.1, 0.15) is 0 Å². The summed E-state index contributed by atoms with van der Waals surface area (Å²) in [4.78, 5) is 11.8. The number of benzene rings is 2. The molecule has 0 saturated carbocycles. The van der Waals surface area contributed by atoms with E-state index < -0.39 is 0 Å². The van der Waals surface area contributed by atoms with Crippen LogP contribution in [0.5, 0.6) is 0 Å². The molecule has 0 aliphatic rings. The van der Waals surface area contributed by atoms with E-state index in [1.165, 1.54) is 11.1 Å². The molecule has 0 spiro atoms. The molecule has 0 atom stereocenters. The van der Waals surface area contributed by atoms with E-state index in [9.17, 15) is 4.79 Å². The fourth-order valence-corrected chi connectivity index (χ4v) is 3.82. The predicted octanol–water partition coefficient (Wildman–Crippen LogP) is 4.73. The fraction of sp³-hybridized carbons (Fsp3) is 0.278. The summed E-state index contributed by atoms with van der Waals surface area (Å²) in [5, 5.41) is 2.98. The predicted molar refractivity (Wildman–Crippen MR) is 106 cm³/mol. The monoisotopic (exact) mass is 409 g/mol. The van der Waals surface area contributed by atoms with Crippen molar-refractivity contribution in [1.29, 1.82) is 0 Å². The van der Waals surface area contributed by atoms with E-state index in [1.54, 1.807) is 11.8 Å². The van der Waals surface area contributed by atoms with Crippen molar-refractivity contribution in [2.75, 3.05) is 18.1 Å². The van der Waals surface area contributed by atoms with Crippen LogP contribution in [0.15, 0.2) is 59.1 Å². The summed E-state index contributed by atoms with van der Waals surface area (Å²) in [6.07, 6.45) is 0. The van der Waals surface area contributed by atoms with Gasteiger partial charge in [0.05, 0.1) is 5.75 Å². The van der Waals surface area contributed by atoms with Gasteiger partial charge >= 0.3 is 0 Å². The molecule has 0 aliphatic carbocycles. The Morgan fingerprint density at radius 3 is 2.30 bits per heavy atom. The quantitative estimate of drug-likeness (QED) is 0.606. The minimum atomic E-state index is 0.118. The molecule has 1 N–H and O–H groups in total. The lowest BCUT2D eigenvalue weighted by molar-refractivity contribution is -0.118. The summed E-state index contributed by atoms with van der Waals surface area (Å²) in [5.74, 6) is 3.43. The summed E-state index contributed by atoms with van der Waals surface area (Å²) < 4.78 is 1.08. The van der Waals surface area contributed by atoms with Gasteiger partial charge in [0.15, 0.2) is 0 Å². The van der Waals surface area contributed by atoms with Crippen LogP contribution in [0.25, 0.3) is 0 Å². The number of amides is 1. The maximum absolute atomic E-state index is 11.8. The van der Waals surface area contributed by atoms with E-state index in [0.29, 0.717) is 5.75 Å². The number of carbonyl (C=O) groups is 1. The van der Waals surface area contributed by atoms with Crippen molar-refractivity contribution >= 4 is 45.4 Å². The zero-order valence-corrected chi connectivity index (χ0v) is 16.1. The van der Waals surface area contributed by atoms with Gasteiger partial charge in [-0.1, -0.05) is 58.4 Å². The highest BCUT2D eigenvalue weighted by Gasteiger charge is 2.02. The number of halogens is 1. The average molecular weight is 410 g/mol. The molecule has 0 aromatic heterocycles. The van der Waals surface area contributed by atoms with Crippen LogP contribution in [0, 0.1) is 0 Å². The minimum absolute atomic E-state index is 0.118. The van der Waals surface area contributed by atoms with Crippen LogP contribution in [-0.2, 0) is 16.3 Å². The Labute approximate surface area is 155 Å². The van der Waals surface area contributed by atoms with Crippen molar-refractivity contribution in [3.05, 3.63) is 70.2 Å². The van der Waals surface area contributed by atoms with E-state index >= 15 is 0 Å². The highest BCUT2D eigenvalue weighted by atomic mass is 79.9. The Bertz CT molecular complexity index is 590. The number of hydrogen-bond donors (Lipinski definition) is 1. The van der Waals surface area contributed by atoms with Gasteiger partial charge in [0, 0.05) is 28.3 Å². The zero-order valence-electron chi connectivity index (χ0n) is 12.8. The van der Waals surface area contributed by atoms with Gasteiger partial charge in [-0.2, -0.15) is 11.8 Å². The summed E-state index contributed by atoms with van der Waals surface area (Å²) >= 11 is 6.91. The van der Waals surface area contributed by atoms with E-state index in [0.717, 1.165) is 28.3 Å². The first kappa shape index (κ1) is 18.4. The summed E-state index contributed by atoms with van der Waals surface area (Å²) in [6, 6.07) is 18.6. The van der Waals surface area contributed by atoms with E-state index in [4.69, 9.17) is 0 Å². The third-order valence-electron chi connectivity index (χ3n) is 3.10. The lowest BCUT2D eigenvalue weighted by atomic mass is 10.2. The smallest absolute Gasteiger partial charge is 0.230 e. The first-order valence-corrected chi connectivity index (χ1v) is 10.5. The minimum Gasteiger partial charge on any atom is -0.355 e. The molecule has 23 heavy (non-hydrogen) atoms. The molecule has 0 unspecified atom stereocenters. The molecular formula is C18H20BrNOS2. The number of carbonyl (C=O) groups excluding carboxylic acids is 1. The molecular weight excluding hydrogens is 390 g/mol. The second kappa shape index (κ2) is 10.8. The van der Waals surface area contributed by atoms with E-state index in [2.05, 4.69) is 57.6 Å². The fourth-order valence-electron chi connectivity index (χ4n) is 1.92. The molecule has 2 aromatic rings.